The van der Waals surface area contributed by atoms with Gasteiger partial charge in [-0.3, -0.25) is 4.21 Å². The Hall–Kier alpha value is -1.67. The molecule has 0 N–H and O–H groups in total. The standard InChI is InChI=1S/C25H32OS/c1-7-27(26)21-11-8-19(9-12-21)16-18(2)20-10-13-22-23(17-20)25(5,6)15-14-24(22,3)4/h8-13,16-17H,7,14-15H2,1-6H3/b18-16+. The van der Waals surface area contributed by atoms with Crippen molar-refractivity contribution in [2.24, 2.45) is 0 Å². The van der Waals surface area contributed by atoms with Gasteiger partial charge in [0.1, 0.15) is 0 Å². The van der Waals surface area contributed by atoms with Gasteiger partial charge in [0.25, 0.3) is 0 Å². The molecule has 1 aliphatic rings. The maximum atomic E-state index is 11.9. The molecule has 0 fully saturated rings. The minimum atomic E-state index is -0.886. The van der Waals surface area contributed by atoms with Crippen molar-refractivity contribution in [2.75, 3.05) is 5.75 Å². The Morgan fingerprint density at radius 3 is 2.15 bits per heavy atom. The van der Waals surface area contributed by atoms with Gasteiger partial charge in [-0.2, -0.15) is 0 Å². The van der Waals surface area contributed by atoms with E-state index in [-0.39, 0.29) is 10.8 Å². The first kappa shape index (κ1) is 20.1. The lowest BCUT2D eigenvalue weighted by molar-refractivity contribution is 0.332. The van der Waals surface area contributed by atoms with E-state index < -0.39 is 10.8 Å². The van der Waals surface area contributed by atoms with E-state index in [1.54, 1.807) is 0 Å². The summed E-state index contributed by atoms with van der Waals surface area (Å²) >= 11 is 0. The van der Waals surface area contributed by atoms with Gasteiger partial charge in [0.05, 0.1) is 10.8 Å². The van der Waals surface area contributed by atoms with Crippen molar-refractivity contribution in [3.63, 3.8) is 0 Å². The molecule has 0 aromatic heterocycles. The molecule has 2 heteroatoms. The number of rotatable bonds is 4. The van der Waals surface area contributed by atoms with Gasteiger partial charge in [0.2, 0.25) is 0 Å². The van der Waals surface area contributed by atoms with Crippen LogP contribution >= 0.6 is 0 Å². The summed E-state index contributed by atoms with van der Waals surface area (Å²) in [6, 6.07) is 15.1. The van der Waals surface area contributed by atoms with Crippen molar-refractivity contribution < 1.29 is 4.21 Å². The quantitative estimate of drug-likeness (QED) is 0.538. The molecule has 0 heterocycles. The fourth-order valence-electron chi connectivity index (χ4n) is 4.05. The number of allylic oxidation sites excluding steroid dienone is 1. The zero-order valence-corrected chi connectivity index (χ0v) is 18.4. The Labute approximate surface area is 167 Å². The number of hydrogen-bond acceptors (Lipinski definition) is 1. The Morgan fingerprint density at radius 2 is 1.56 bits per heavy atom. The summed E-state index contributed by atoms with van der Waals surface area (Å²) in [6.07, 6.45) is 4.70. The third-order valence-corrected chi connectivity index (χ3v) is 7.42. The largest absolute Gasteiger partial charge is 0.254 e. The van der Waals surface area contributed by atoms with Crippen LogP contribution in [0.3, 0.4) is 0 Å². The molecule has 0 amide bonds. The highest BCUT2D eigenvalue weighted by molar-refractivity contribution is 7.85. The molecule has 27 heavy (non-hydrogen) atoms. The van der Waals surface area contributed by atoms with E-state index in [1.165, 1.54) is 35.1 Å². The first-order valence-electron chi connectivity index (χ1n) is 9.96. The van der Waals surface area contributed by atoms with E-state index in [9.17, 15) is 4.21 Å². The third-order valence-electron chi connectivity index (χ3n) is 6.10. The van der Waals surface area contributed by atoms with E-state index in [1.807, 2.05) is 19.1 Å². The van der Waals surface area contributed by atoms with Crippen molar-refractivity contribution in [3.8, 4) is 0 Å². The second-order valence-corrected chi connectivity index (χ2v) is 10.8. The van der Waals surface area contributed by atoms with Gasteiger partial charge in [-0.25, -0.2) is 0 Å². The van der Waals surface area contributed by atoms with Crippen LogP contribution in [0.4, 0.5) is 0 Å². The molecule has 0 spiro atoms. The molecule has 0 saturated heterocycles. The maximum absolute atomic E-state index is 11.9. The third kappa shape index (κ3) is 4.11. The molecule has 2 aromatic rings. The molecule has 144 valence electrons. The number of benzene rings is 2. The fraction of sp³-hybridized carbons (Fsp3) is 0.440. The second kappa shape index (κ2) is 7.39. The Morgan fingerprint density at radius 1 is 0.963 bits per heavy atom. The van der Waals surface area contributed by atoms with Gasteiger partial charge in [0.15, 0.2) is 0 Å². The molecule has 0 bridgehead atoms. The smallest absolute Gasteiger partial charge is 0.0526 e. The van der Waals surface area contributed by atoms with E-state index >= 15 is 0 Å². The van der Waals surface area contributed by atoms with Crippen molar-refractivity contribution in [1.82, 2.24) is 0 Å². The van der Waals surface area contributed by atoms with Crippen LogP contribution in [0.5, 0.6) is 0 Å². The van der Waals surface area contributed by atoms with Crippen LogP contribution in [0.2, 0.25) is 0 Å². The number of fused-ring (bicyclic) bond motifs is 1. The predicted octanol–water partition coefficient (Wildman–Crippen LogP) is 6.72. The maximum Gasteiger partial charge on any atom is 0.0526 e. The van der Waals surface area contributed by atoms with Crippen LogP contribution in [0.25, 0.3) is 11.6 Å². The fourth-order valence-corrected chi connectivity index (χ4v) is 4.82. The summed E-state index contributed by atoms with van der Waals surface area (Å²) in [4.78, 5) is 0.907. The van der Waals surface area contributed by atoms with Gasteiger partial charge >= 0.3 is 0 Å². The highest BCUT2D eigenvalue weighted by atomic mass is 32.2. The minimum absolute atomic E-state index is 0.229. The van der Waals surface area contributed by atoms with Crippen molar-refractivity contribution in [3.05, 3.63) is 64.7 Å². The van der Waals surface area contributed by atoms with Crippen LogP contribution in [0.1, 0.15) is 76.6 Å². The van der Waals surface area contributed by atoms with Gasteiger partial charge in [0, 0.05) is 10.6 Å². The summed E-state index contributed by atoms with van der Waals surface area (Å²) in [7, 11) is -0.886. The summed E-state index contributed by atoms with van der Waals surface area (Å²) in [6.45, 7) is 13.6. The molecule has 1 aliphatic carbocycles. The molecule has 0 aliphatic heterocycles. The minimum Gasteiger partial charge on any atom is -0.254 e. The van der Waals surface area contributed by atoms with E-state index in [4.69, 9.17) is 0 Å². The molecule has 0 radical (unpaired) electrons. The normalized spacial score (nSPS) is 19.4. The van der Waals surface area contributed by atoms with Crippen molar-refractivity contribution in [1.29, 1.82) is 0 Å². The van der Waals surface area contributed by atoms with Gasteiger partial charge in [-0.05, 0) is 70.6 Å². The zero-order chi connectivity index (χ0) is 19.8. The monoisotopic (exact) mass is 380 g/mol. The first-order chi connectivity index (χ1) is 12.6. The zero-order valence-electron chi connectivity index (χ0n) is 17.6. The molecule has 2 aromatic carbocycles. The Kier molecular flexibility index (Phi) is 5.49. The lowest BCUT2D eigenvalue weighted by atomic mass is 9.63. The summed E-state index contributed by atoms with van der Waals surface area (Å²) < 4.78 is 11.9. The van der Waals surface area contributed by atoms with Gasteiger partial charge in [-0.1, -0.05) is 71.0 Å². The predicted molar refractivity (Wildman–Crippen MR) is 119 cm³/mol. The second-order valence-electron chi connectivity index (χ2n) is 9.06. The summed E-state index contributed by atoms with van der Waals surface area (Å²) in [5, 5.41) is 0. The topological polar surface area (TPSA) is 17.1 Å². The summed E-state index contributed by atoms with van der Waals surface area (Å²) in [5.74, 6) is 0.662. The molecule has 3 rings (SSSR count). The average Bonchev–Trinajstić information content (AvgIpc) is 2.65. The molecular formula is C25H32OS. The summed E-state index contributed by atoms with van der Waals surface area (Å²) in [5.41, 5.74) is 7.20. The lowest BCUT2D eigenvalue weighted by Gasteiger charge is -2.42. The molecule has 1 atom stereocenters. The lowest BCUT2D eigenvalue weighted by Crippen LogP contribution is -2.33. The van der Waals surface area contributed by atoms with E-state index in [0.717, 1.165) is 10.5 Å². The molecule has 1 unspecified atom stereocenters. The Balaban J connectivity index is 1.95. The van der Waals surface area contributed by atoms with Gasteiger partial charge in [-0.15, -0.1) is 0 Å². The SMILES string of the molecule is CCS(=O)c1ccc(/C=C(\C)c2ccc3c(c2)C(C)(C)CCC3(C)C)cc1. The molecule has 0 saturated carbocycles. The first-order valence-corrected chi connectivity index (χ1v) is 11.3. The molecular weight excluding hydrogens is 348 g/mol. The van der Waals surface area contributed by atoms with Crippen LogP contribution in [0, 0.1) is 0 Å². The van der Waals surface area contributed by atoms with Crippen LogP contribution in [-0.2, 0) is 21.6 Å². The van der Waals surface area contributed by atoms with Crippen LogP contribution < -0.4 is 0 Å². The highest BCUT2D eigenvalue weighted by Crippen LogP contribution is 2.46. The number of hydrogen-bond donors (Lipinski definition) is 0. The average molecular weight is 381 g/mol. The molecule has 1 nitrogen and oxygen atoms in total. The Bertz CT molecular complexity index is 885. The van der Waals surface area contributed by atoms with Crippen molar-refractivity contribution >= 4 is 22.4 Å². The van der Waals surface area contributed by atoms with Crippen LogP contribution in [0.15, 0.2) is 47.4 Å². The van der Waals surface area contributed by atoms with E-state index in [2.05, 4.69) is 71.0 Å². The van der Waals surface area contributed by atoms with Crippen LogP contribution in [-0.4, -0.2) is 9.96 Å². The van der Waals surface area contributed by atoms with Gasteiger partial charge < -0.3 is 0 Å². The van der Waals surface area contributed by atoms with E-state index in [0.29, 0.717) is 5.75 Å². The van der Waals surface area contributed by atoms with Crippen molar-refractivity contribution in [2.45, 2.75) is 70.1 Å². The highest BCUT2D eigenvalue weighted by Gasteiger charge is 2.36.